The van der Waals surface area contributed by atoms with Crippen molar-refractivity contribution in [2.75, 3.05) is 44.7 Å². The molecule has 0 bridgehead atoms. The van der Waals surface area contributed by atoms with E-state index in [0.717, 1.165) is 55.1 Å². The molecule has 2 aromatic rings. The van der Waals surface area contributed by atoms with Gasteiger partial charge in [-0.05, 0) is 82.2 Å². The number of likely N-dealkylation sites (tertiary alicyclic amines) is 1. The van der Waals surface area contributed by atoms with E-state index in [4.69, 9.17) is 19.2 Å². The van der Waals surface area contributed by atoms with Crippen molar-refractivity contribution in [1.29, 1.82) is 0 Å². The lowest BCUT2D eigenvalue weighted by Gasteiger charge is -2.28. The molecule has 1 aromatic carbocycles. The van der Waals surface area contributed by atoms with Crippen LogP contribution >= 0.6 is 0 Å². The Morgan fingerprint density at radius 1 is 1.24 bits per heavy atom. The van der Waals surface area contributed by atoms with Crippen molar-refractivity contribution in [3.8, 4) is 5.75 Å². The van der Waals surface area contributed by atoms with E-state index in [0.29, 0.717) is 52.1 Å². The maximum Gasteiger partial charge on any atom is 0.306 e. The number of aryl methyl sites for hydroxylation is 2. The van der Waals surface area contributed by atoms with Gasteiger partial charge in [0.25, 0.3) is 0 Å². The minimum atomic E-state index is -1.27. The Morgan fingerprint density at radius 2 is 2.07 bits per heavy atom. The fourth-order valence-corrected chi connectivity index (χ4v) is 6.15. The van der Waals surface area contributed by atoms with E-state index in [1.165, 1.54) is 5.56 Å². The Hall–Kier alpha value is -2.71. The van der Waals surface area contributed by atoms with Gasteiger partial charge in [-0.15, -0.1) is 0 Å². The molecular formula is C33H46FN3O4. The molecule has 1 aromatic heterocycles. The largest absolute Gasteiger partial charge is 0.490 e. The van der Waals surface area contributed by atoms with Gasteiger partial charge in [0.15, 0.2) is 0 Å². The van der Waals surface area contributed by atoms with Crippen LogP contribution in [0.25, 0.3) is 0 Å². The number of pyridine rings is 1. The fourth-order valence-electron chi connectivity index (χ4n) is 6.15. The molecule has 5 rings (SSSR count). The van der Waals surface area contributed by atoms with Gasteiger partial charge in [0.2, 0.25) is 0 Å². The molecule has 3 aliphatic heterocycles. The third-order valence-electron chi connectivity index (χ3n) is 8.28. The van der Waals surface area contributed by atoms with Crippen molar-refractivity contribution in [3.05, 3.63) is 53.2 Å². The first kappa shape index (κ1) is 29.8. The van der Waals surface area contributed by atoms with Crippen LogP contribution in [-0.4, -0.2) is 72.6 Å². The zero-order valence-electron chi connectivity index (χ0n) is 24.9. The van der Waals surface area contributed by atoms with Gasteiger partial charge < -0.3 is 19.5 Å². The normalized spacial score (nSPS) is 22.5. The summed E-state index contributed by atoms with van der Waals surface area (Å²) >= 11 is 0. The van der Waals surface area contributed by atoms with Crippen molar-refractivity contribution in [3.63, 3.8) is 0 Å². The number of carbonyl (C=O) groups excluding carboxylic acids is 1. The molecule has 2 atom stereocenters. The summed E-state index contributed by atoms with van der Waals surface area (Å²) in [4.78, 5) is 19.9. The van der Waals surface area contributed by atoms with E-state index in [2.05, 4.69) is 16.3 Å². The van der Waals surface area contributed by atoms with Crippen LogP contribution in [0.3, 0.4) is 0 Å². The van der Waals surface area contributed by atoms with Crippen molar-refractivity contribution in [2.45, 2.75) is 95.4 Å². The molecule has 8 heteroatoms. The Bertz CT molecular complexity index is 1180. The van der Waals surface area contributed by atoms with E-state index < -0.39 is 11.3 Å². The lowest BCUT2D eigenvalue weighted by Crippen LogP contribution is -2.33. The predicted octanol–water partition coefficient (Wildman–Crippen LogP) is 5.86. The van der Waals surface area contributed by atoms with Crippen LogP contribution in [0.2, 0.25) is 0 Å². The quantitative estimate of drug-likeness (QED) is 0.361. The summed E-state index contributed by atoms with van der Waals surface area (Å²) in [5, 5.41) is 3.38. The molecule has 1 N–H and O–H groups in total. The molecule has 41 heavy (non-hydrogen) atoms. The van der Waals surface area contributed by atoms with Crippen LogP contribution in [0, 0.1) is 0 Å². The predicted molar refractivity (Wildman–Crippen MR) is 158 cm³/mol. The number of benzene rings is 1. The number of alkyl halides is 1. The highest BCUT2D eigenvalue weighted by Gasteiger charge is 2.39. The Kier molecular flexibility index (Phi) is 9.49. The van der Waals surface area contributed by atoms with E-state index in [-0.39, 0.29) is 24.4 Å². The molecule has 2 saturated heterocycles. The zero-order chi connectivity index (χ0) is 28.9. The molecule has 0 aliphatic carbocycles. The molecule has 3 aliphatic rings. The molecule has 2 fully saturated rings. The van der Waals surface area contributed by atoms with E-state index in [9.17, 15) is 4.79 Å². The average Bonchev–Trinajstić information content (AvgIpc) is 3.31. The number of halogens is 1. The highest BCUT2D eigenvalue weighted by Crippen LogP contribution is 2.34. The van der Waals surface area contributed by atoms with Gasteiger partial charge in [-0.2, -0.15) is 0 Å². The minimum absolute atomic E-state index is 0.126. The van der Waals surface area contributed by atoms with Crippen molar-refractivity contribution >= 4 is 11.8 Å². The standard InChI is InChI=1S/C33H46FN3O4/c1-32(2,3)41-30(38)21-26(25-6-4-8-29(20-25)40-28-12-18-39-19-13-28)22-37-17-15-33(34,23-37)14-11-27-10-9-24-7-5-16-35-31(24)36-27/h4,6,8-10,20,26,28H,5,7,11-19,21-23H2,1-3H3,(H,35,36)/t26?,33-/m0/s1. The summed E-state index contributed by atoms with van der Waals surface area (Å²) in [7, 11) is 0. The molecule has 224 valence electrons. The van der Waals surface area contributed by atoms with Gasteiger partial charge in [0.05, 0.1) is 19.6 Å². The van der Waals surface area contributed by atoms with Crippen LogP contribution in [-0.2, 0) is 27.1 Å². The van der Waals surface area contributed by atoms with Crippen LogP contribution in [0.1, 0.15) is 82.0 Å². The summed E-state index contributed by atoms with van der Waals surface area (Å²) in [5.41, 5.74) is 1.38. The number of aromatic nitrogens is 1. The maximum atomic E-state index is 16.0. The van der Waals surface area contributed by atoms with E-state index >= 15 is 4.39 Å². The summed E-state index contributed by atoms with van der Waals surface area (Å²) in [6, 6.07) is 12.2. The molecule has 0 saturated carbocycles. The topological polar surface area (TPSA) is 72.9 Å². The number of rotatable bonds is 10. The Morgan fingerprint density at radius 3 is 2.88 bits per heavy atom. The smallest absolute Gasteiger partial charge is 0.306 e. The number of nitrogens with zero attached hydrogens (tertiary/aromatic N) is 2. The number of carbonyl (C=O) groups is 1. The van der Waals surface area contributed by atoms with Gasteiger partial charge >= 0.3 is 5.97 Å². The van der Waals surface area contributed by atoms with E-state index in [1.54, 1.807) is 0 Å². The molecule has 1 unspecified atom stereocenters. The van der Waals surface area contributed by atoms with Crippen LogP contribution < -0.4 is 10.1 Å². The second-order valence-electron chi connectivity index (χ2n) is 13.0. The number of fused-ring (bicyclic) bond motifs is 1. The highest BCUT2D eigenvalue weighted by atomic mass is 19.1. The van der Waals surface area contributed by atoms with Crippen LogP contribution in [0.15, 0.2) is 36.4 Å². The van der Waals surface area contributed by atoms with Crippen molar-refractivity contribution < 1.29 is 23.4 Å². The molecular weight excluding hydrogens is 521 g/mol. The second-order valence-corrected chi connectivity index (χ2v) is 13.0. The number of anilines is 1. The van der Waals surface area contributed by atoms with Gasteiger partial charge in [0, 0.05) is 50.6 Å². The second kappa shape index (κ2) is 13.1. The lowest BCUT2D eigenvalue weighted by atomic mass is 9.94. The Labute approximate surface area is 244 Å². The Balaban J connectivity index is 1.23. The maximum absolute atomic E-state index is 16.0. The number of ether oxygens (including phenoxy) is 3. The van der Waals surface area contributed by atoms with E-state index in [1.807, 2.05) is 51.1 Å². The number of nitrogens with one attached hydrogen (secondary N) is 1. The first-order chi connectivity index (χ1) is 19.6. The first-order valence-corrected chi connectivity index (χ1v) is 15.3. The summed E-state index contributed by atoms with van der Waals surface area (Å²) in [5.74, 6) is 1.40. The van der Waals surface area contributed by atoms with Crippen molar-refractivity contribution in [2.24, 2.45) is 0 Å². The summed E-state index contributed by atoms with van der Waals surface area (Å²) < 4.78 is 33.5. The summed E-state index contributed by atoms with van der Waals surface area (Å²) in [6.45, 7) is 9.64. The molecule has 4 heterocycles. The third kappa shape index (κ3) is 8.65. The minimum Gasteiger partial charge on any atom is -0.490 e. The zero-order valence-corrected chi connectivity index (χ0v) is 24.9. The number of hydrogen-bond donors (Lipinski definition) is 1. The van der Waals surface area contributed by atoms with Crippen LogP contribution in [0.5, 0.6) is 5.75 Å². The van der Waals surface area contributed by atoms with Crippen LogP contribution in [0.4, 0.5) is 10.2 Å². The van der Waals surface area contributed by atoms with Gasteiger partial charge in [-0.1, -0.05) is 18.2 Å². The van der Waals surface area contributed by atoms with Gasteiger partial charge in [0.1, 0.15) is 28.9 Å². The lowest BCUT2D eigenvalue weighted by molar-refractivity contribution is -0.155. The average molecular weight is 568 g/mol. The highest BCUT2D eigenvalue weighted by molar-refractivity contribution is 5.71. The summed E-state index contributed by atoms with van der Waals surface area (Å²) in [6.07, 6.45) is 5.83. The molecule has 7 nitrogen and oxygen atoms in total. The first-order valence-electron chi connectivity index (χ1n) is 15.3. The molecule has 0 radical (unpaired) electrons. The van der Waals surface area contributed by atoms with Gasteiger partial charge in [-0.3, -0.25) is 9.69 Å². The SMILES string of the molecule is CC(C)(C)OC(=O)CC(CN1CC[C@@](F)(CCc2ccc3c(n2)NCCC3)C1)c1cccc(OC2CCOCC2)c1. The molecule has 0 spiro atoms. The number of esters is 1. The molecule has 0 amide bonds. The fraction of sp³-hybridized carbons (Fsp3) is 0.636. The monoisotopic (exact) mass is 567 g/mol. The van der Waals surface area contributed by atoms with Crippen molar-refractivity contribution in [1.82, 2.24) is 9.88 Å². The third-order valence-corrected chi connectivity index (χ3v) is 8.28. The number of hydrogen-bond acceptors (Lipinski definition) is 7. The van der Waals surface area contributed by atoms with Gasteiger partial charge in [-0.25, -0.2) is 9.37 Å².